The summed E-state index contributed by atoms with van der Waals surface area (Å²) in [5.74, 6) is 2.30. The smallest absolute Gasteiger partial charge is 0.372 e. The third kappa shape index (κ3) is 3.39. The summed E-state index contributed by atoms with van der Waals surface area (Å²) in [7, 11) is 0. The summed E-state index contributed by atoms with van der Waals surface area (Å²) in [5.41, 5.74) is 0.479. The predicted molar refractivity (Wildman–Crippen MR) is 45.6 cm³/mol. The molecular weight excluding hydrogens is 195 g/mol. The highest BCUT2D eigenvalue weighted by atomic mass is 19.4. The largest absolute Gasteiger partial charge is 0.408 e. The molecule has 0 aliphatic heterocycles. The zero-order valence-corrected chi connectivity index (χ0v) is 7.17. The second-order valence-electron chi connectivity index (χ2n) is 2.60. The van der Waals surface area contributed by atoms with E-state index in [4.69, 9.17) is 6.42 Å². The molecule has 3 nitrogen and oxygen atoms in total. The summed E-state index contributed by atoms with van der Waals surface area (Å²) in [6.07, 6.45) is 3.26. The summed E-state index contributed by atoms with van der Waals surface area (Å²) < 4.78 is 36.5. The number of aromatic nitrogens is 2. The summed E-state index contributed by atoms with van der Waals surface area (Å²) in [6.45, 7) is -0.831. The Hall–Kier alpha value is -1.64. The molecule has 1 aromatic rings. The average Bonchev–Trinajstić information content (AvgIpc) is 2.46. The number of hydrogen-bond acceptors (Lipinski definition) is 2. The van der Waals surface area contributed by atoms with Crippen molar-refractivity contribution in [3.05, 3.63) is 12.4 Å². The maximum Gasteiger partial charge on any atom is 0.408 e. The summed E-state index contributed by atoms with van der Waals surface area (Å²) >= 11 is 0. The van der Waals surface area contributed by atoms with Crippen molar-refractivity contribution in [2.75, 3.05) is 11.9 Å². The molecule has 1 N–H and O–H groups in total. The van der Waals surface area contributed by atoms with Crippen LogP contribution in [0.25, 0.3) is 0 Å². The van der Waals surface area contributed by atoms with Gasteiger partial charge in [0.05, 0.1) is 18.4 Å². The maximum atomic E-state index is 11.9. The third-order valence-corrected chi connectivity index (χ3v) is 1.37. The second-order valence-corrected chi connectivity index (χ2v) is 2.60. The molecule has 0 aromatic carbocycles. The van der Waals surface area contributed by atoms with Gasteiger partial charge in [-0.3, -0.25) is 4.68 Å². The summed E-state index contributed by atoms with van der Waals surface area (Å²) in [6, 6.07) is 0. The lowest BCUT2D eigenvalue weighted by molar-refractivity contribution is -0.142. The summed E-state index contributed by atoms with van der Waals surface area (Å²) in [5, 5.41) is 6.23. The zero-order chi connectivity index (χ0) is 10.6. The Kier molecular flexibility index (Phi) is 3.02. The van der Waals surface area contributed by atoms with Gasteiger partial charge in [-0.25, -0.2) is 0 Å². The average molecular weight is 203 g/mol. The van der Waals surface area contributed by atoms with Crippen LogP contribution in [0, 0.1) is 12.3 Å². The molecule has 14 heavy (non-hydrogen) atoms. The van der Waals surface area contributed by atoms with Crippen LogP contribution in [0.2, 0.25) is 0 Å². The minimum absolute atomic E-state index is 0.262. The Bertz CT molecular complexity index is 334. The number of anilines is 1. The first-order chi connectivity index (χ1) is 6.51. The first-order valence-corrected chi connectivity index (χ1v) is 3.78. The second kappa shape index (κ2) is 4.05. The van der Waals surface area contributed by atoms with Crippen molar-refractivity contribution in [3.63, 3.8) is 0 Å². The van der Waals surface area contributed by atoms with Crippen LogP contribution in [0.15, 0.2) is 12.4 Å². The van der Waals surface area contributed by atoms with Crippen molar-refractivity contribution in [2.45, 2.75) is 12.7 Å². The Morgan fingerprint density at radius 2 is 2.29 bits per heavy atom. The third-order valence-electron chi connectivity index (χ3n) is 1.37. The molecule has 0 aliphatic carbocycles. The van der Waals surface area contributed by atoms with Crippen LogP contribution in [0.1, 0.15) is 0 Å². The van der Waals surface area contributed by atoms with Gasteiger partial charge in [-0.1, -0.05) is 5.92 Å². The van der Waals surface area contributed by atoms with Gasteiger partial charge >= 0.3 is 6.18 Å². The molecule has 0 unspecified atom stereocenters. The minimum Gasteiger partial charge on any atom is -0.372 e. The fourth-order valence-corrected chi connectivity index (χ4v) is 0.878. The molecular formula is C8H8F3N3. The van der Waals surface area contributed by atoms with E-state index in [2.05, 4.69) is 16.3 Å². The standard InChI is InChI=1S/C8H8F3N3/c1-2-3-12-7-4-13-14(5-7)6-8(9,10)11/h1,4-5,12H,3,6H2. The quantitative estimate of drug-likeness (QED) is 0.754. The van der Waals surface area contributed by atoms with Crippen molar-refractivity contribution < 1.29 is 13.2 Å². The number of alkyl halides is 3. The van der Waals surface area contributed by atoms with Gasteiger partial charge < -0.3 is 5.32 Å². The number of nitrogens with zero attached hydrogens (tertiary/aromatic N) is 2. The molecule has 0 bridgehead atoms. The van der Waals surface area contributed by atoms with Crippen LogP contribution >= 0.6 is 0 Å². The lowest BCUT2D eigenvalue weighted by Crippen LogP contribution is -2.17. The van der Waals surface area contributed by atoms with E-state index in [1.807, 2.05) is 0 Å². The maximum absolute atomic E-state index is 11.9. The van der Waals surface area contributed by atoms with Crippen molar-refractivity contribution in [1.82, 2.24) is 9.78 Å². The highest BCUT2D eigenvalue weighted by Gasteiger charge is 2.28. The van der Waals surface area contributed by atoms with Crippen LogP contribution in [0.4, 0.5) is 18.9 Å². The lowest BCUT2D eigenvalue weighted by Gasteiger charge is -2.04. The molecule has 6 heteroatoms. The first-order valence-electron chi connectivity index (χ1n) is 3.78. The number of halogens is 3. The normalized spacial score (nSPS) is 11.0. The van der Waals surface area contributed by atoms with E-state index in [9.17, 15) is 13.2 Å². The predicted octanol–water partition coefficient (Wildman–Crippen LogP) is 1.49. The van der Waals surface area contributed by atoms with Crippen LogP contribution in [0.5, 0.6) is 0 Å². The number of nitrogens with one attached hydrogen (secondary N) is 1. The van der Waals surface area contributed by atoms with Crippen molar-refractivity contribution in [3.8, 4) is 12.3 Å². The molecule has 0 saturated heterocycles. The van der Waals surface area contributed by atoms with Crippen LogP contribution in [-0.4, -0.2) is 22.5 Å². The number of terminal acetylenes is 1. The van der Waals surface area contributed by atoms with E-state index in [1.165, 1.54) is 12.4 Å². The monoisotopic (exact) mass is 203 g/mol. The van der Waals surface area contributed by atoms with Crippen molar-refractivity contribution >= 4 is 5.69 Å². The van der Waals surface area contributed by atoms with Crippen molar-refractivity contribution in [1.29, 1.82) is 0 Å². The Balaban J connectivity index is 2.56. The van der Waals surface area contributed by atoms with E-state index < -0.39 is 12.7 Å². The lowest BCUT2D eigenvalue weighted by atomic mass is 10.5. The molecule has 1 aromatic heterocycles. The molecule has 76 valence electrons. The van der Waals surface area contributed by atoms with Crippen LogP contribution in [-0.2, 0) is 6.54 Å². The topological polar surface area (TPSA) is 29.9 Å². The fraction of sp³-hybridized carbons (Fsp3) is 0.375. The van der Waals surface area contributed by atoms with Gasteiger partial charge in [0, 0.05) is 6.20 Å². The molecule has 0 saturated carbocycles. The van der Waals surface area contributed by atoms with Crippen LogP contribution in [0.3, 0.4) is 0 Å². The molecule has 0 spiro atoms. The van der Waals surface area contributed by atoms with E-state index in [0.717, 1.165) is 4.68 Å². The van der Waals surface area contributed by atoms with Gasteiger partial charge in [0.1, 0.15) is 6.54 Å². The Morgan fingerprint density at radius 1 is 1.57 bits per heavy atom. The van der Waals surface area contributed by atoms with E-state index in [1.54, 1.807) is 0 Å². The molecule has 0 fully saturated rings. The van der Waals surface area contributed by atoms with E-state index in [-0.39, 0.29) is 6.54 Å². The van der Waals surface area contributed by atoms with Gasteiger partial charge in [-0.05, 0) is 0 Å². The Morgan fingerprint density at radius 3 is 2.86 bits per heavy atom. The zero-order valence-electron chi connectivity index (χ0n) is 7.17. The van der Waals surface area contributed by atoms with Gasteiger partial charge in [0.2, 0.25) is 0 Å². The van der Waals surface area contributed by atoms with Gasteiger partial charge in [0.15, 0.2) is 0 Å². The molecule has 1 heterocycles. The SMILES string of the molecule is C#CCNc1cnn(CC(F)(F)F)c1. The van der Waals surface area contributed by atoms with E-state index in [0.29, 0.717) is 5.69 Å². The fourth-order valence-electron chi connectivity index (χ4n) is 0.878. The molecule has 1 rings (SSSR count). The number of rotatable bonds is 3. The Labute approximate surface area is 78.9 Å². The molecule has 0 amide bonds. The van der Waals surface area contributed by atoms with Gasteiger partial charge in [-0.2, -0.15) is 18.3 Å². The number of hydrogen-bond donors (Lipinski definition) is 1. The van der Waals surface area contributed by atoms with Crippen LogP contribution < -0.4 is 5.32 Å². The van der Waals surface area contributed by atoms with Gasteiger partial charge in [0.25, 0.3) is 0 Å². The van der Waals surface area contributed by atoms with Crippen molar-refractivity contribution in [2.24, 2.45) is 0 Å². The molecule has 0 atom stereocenters. The van der Waals surface area contributed by atoms with E-state index >= 15 is 0 Å². The highest BCUT2D eigenvalue weighted by Crippen LogP contribution is 2.17. The highest BCUT2D eigenvalue weighted by molar-refractivity contribution is 5.39. The molecule has 0 radical (unpaired) electrons. The summed E-state index contributed by atoms with van der Waals surface area (Å²) in [4.78, 5) is 0. The van der Waals surface area contributed by atoms with Gasteiger partial charge in [-0.15, -0.1) is 6.42 Å². The molecule has 0 aliphatic rings. The first kappa shape index (κ1) is 10.4. The minimum atomic E-state index is -4.25.